The topological polar surface area (TPSA) is 82.6 Å². The van der Waals surface area contributed by atoms with Crippen molar-refractivity contribution in [1.29, 1.82) is 0 Å². The van der Waals surface area contributed by atoms with Gasteiger partial charge >= 0.3 is 0 Å². The fraction of sp³-hybridized carbons (Fsp3) is 0.231. The summed E-state index contributed by atoms with van der Waals surface area (Å²) in [5, 5.41) is 5.18. The van der Waals surface area contributed by atoms with E-state index in [1.54, 1.807) is 16.4 Å². The molecule has 8 heteroatoms. The van der Waals surface area contributed by atoms with Gasteiger partial charge < -0.3 is 10.2 Å². The van der Waals surface area contributed by atoms with Gasteiger partial charge in [-0.3, -0.25) is 19.3 Å². The monoisotopic (exact) mass is 474 g/mol. The molecule has 1 saturated heterocycles. The Bertz CT molecular complexity index is 1180. The van der Waals surface area contributed by atoms with Crippen LogP contribution in [-0.2, 0) is 16.1 Å². The maximum absolute atomic E-state index is 12.4. The van der Waals surface area contributed by atoms with E-state index in [1.165, 1.54) is 24.3 Å². The maximum Gasteiger partial charge on any atom is 0.253 e. The third-order valence-electron chi connectivity index (χ3n) is 5.50. The minimum atomic E-state index is -0.252. The molecule has 3 aromatic rings. The van der Waals surface area contributed by atoms with Gasteiger partial charge in [-0.1, -0.05) is 30.3 Å². The lowest BCUT2D eigenvalue weighted by Crippen LogP contribution is -2.27. The summed E-state index contributed by atoms with van der Waals surface area (Å²) in [5.74, 6) is -0.325. The molecule has 0 aliphatic carbocycles. The first kappa shape index (κ1) is 23.4. The Labute approximate surface area is 202 Å². The van der Waals surface area contributed by atoms with Crippen LogP contribution in [0.2, 0.25) is 0 Å². The van der Waals surface area contributed by atoms with Crippen molar-refractivity contribution >= 4 is 46.0 Å². The summed E-state index contributed by atoms with van der Waals surface area (Å²) in [4.78, 5) is 44.7. The predicted molar refractivity (Wildman–Crippen MR) is 134 cm³/mol. The molecule has 0 spiro atoms. The average molecular weight is 475 g/mol. The highest BCUT2D eigenvalue weighted by molar-refractivity contribution is 7.14. The quantitative estimate of drug-likeness (QED) is 0.515. The first-order valence-corrected chi connectivity index (χ1v) is 12.0. The van der Waals surface area contributed by atoms with Gasteiger partial charge in [0.1, 0.15) is 0 Å². The number of rotatable bonds is 7. The van der Waals surface area contributed by atoms with Crippen LogP contribution in [0.1, 0.15) is 41.4 Å². The van der Waals surface area contributed by atoms with E-state index >= 15 is 0 Å². The molecule has 1 aromatic heterocycles. The van der Waals surface area contributed by atoms with Crippen LogP contribution >= 0.6 is 11.3 Å². The number of nitrogens with zero attached hydrogens (tertiary/aromatic N) is 3. The van der Waals surface area contributed by atoms with Crippen molar-refractivity contribution in [2.75, 3.05) is 18.0 Å². The molecular weight excluding hydrogens is 448 g/mol. The van der Waals surface area contributed by atoms with Gasteiger partial charge in [0.05, 0.1) is 11.4 Å². The van der Waals surface area contributed by atoms with E-state index in [1.807, 2.05) is 59.5 Å². The molecule has 4 rings (SSSR count). The number of benzene rings is 2. The highest BCUT2D eigenvalue weighted by Crippen LogP contribution is 2.29. The van der Waals surface area contributed by atoms with E-state index in [4.69, 9.17) is 0 Å². The smallest absolute Gasteiger partial charge is 0.253 e. The van der Waals surface area contributed by atoms with E-state index in [0.717, 1.165) is 37.2 Å². The Hall–Kier alpha value is -3.78. The number of para-hydroxylation sites is 1. The zero-order chi connectivity index (χ0) is 23.9. The third kappa shape index (κ3) is 5.77. The molecule has 0 bridgehead atoms. The standard InChI is InChI=1S/C26H26N4O3S/c1-19(31)30(23-7-3-2-4-8-23)26-28-22(18-34-26)13-14-24(32)27-17-20-9-11-21(12-10-20)25(33)29-15-5-6-16-29/h2-4,7-14,18H,5-6,15-17H2,1H3,(H,27,32)/b14-13+. The summed E-state index contributed by atoms with van der Waals surface area (Å²) >= 11 is 1.34. The first-order chi connectivity index (χ1) is 16.5. The summed E-state index contributed by atoms with van der Waals surface area (Å²) in [6.07, 6.45) is 5.17. The fourth-order valence-corrected chi connectivity index (χ4v) is 4.59. The molecule has 1 aliphatic rings. The normalized spacial score (nSPS) is 13.3. The minimum absolute atomic E-state index is 0.0641. The lowest BCUT2D eigenvalue weighted by Gasteiger charge is -2.17. The van der Waals surface area contributed by atoms with Crippen LogP contribution in [0.15, 0.2) is 66.1 Å². The molecule has 34 heavy (non-hydrogen) atoms. The van der Waals surface area contributed by atoms with Gasteiger partial charge in [-0.15, -0.1) is 11.3 Å². The van der Waals surface area contributed by atoms with Crippen LogP contribution in [0.25, 0.3) is 6.08 Å². The van der Waals surface area contributed by atoms with Crippen molar-refractivity contribution in [2.24, 2.45) is 0 Å². The van der Waals surface area contributed by atoms with E-state index in [0.29, 0.717) is 22.9 Å². The summed E-state index contributed by atoms with van der Waals surface area (Å²) in [7, 11) is 0. The van der Waals surface area contributed by atoms with E-state index in [-0.39, 0.29) is 17.7 Å². The van der Waals surface area contributed by atoms with Crippen LogP contribution in [0, 0.1) is 0 Å². The fourth-order valence-electron chi connectivity index (χ4n) is 3.74. The second-order valence-corrected chi connectivity index (χ2v) is 8.83. The van der Waals surface area contributed by atoms with Gasteiger partial charge in [-0.25, -0.2) is 4.98 Å². The largest absolute Gasteiger partial charge is 0.348 e. The second kappa shape index (κ2) is 10.9. The van der Waals surface area contributed by atoms with Gasteiger partial charge in [0.2, 0.25) is 11.8 Å². The zero-order valence-electron chi connectivity index (χ0n) is 18.9. The Morgan fingerprint density at radius 3 is 2.44 bits per heavy atom. The number of anilines is 2. The van der Waals surface area contributed by atoms with E-state index < -0.39 is 0 Å². The number of hydrogen-bond acceptors (Lipinski definition) is 5. The molecule has 3 amide bonds. The highest BCUT2D eigenvalue weighted by atomic mass is 32.1. The molecule has 1 aliphatic heterocycles. The molecule has 0 unspecified atom stereocenters. The van der Waals surface area contributed by atoms with Crippen molar-refractivity contribution < 1.29 is 14.4 Å². The van der Waals surface area contributed by atoms with Gasteiger partial charge in [0, 0.05) is 43.6 Å². The van der Waals surface area contributed by atoms with Crippen molar-refractivity contribution in [1.82, 2.24) is 15.2 Å². The first-order valence-electron chi connectivity index (χ1n) is 11.2. The van der Waals surface area contributed by atoms with Crippen LogP contribution < -0.4 is 10.2 Å². The number of carbonyl (C=O) groups is 3. The molecule has 2 heterocycles. The van der Waals surface area contributed by atoms with E-state index in [9.17, 15) is 14.4 Å². The zero-order valence-corrected chi connectivity index (χ0v) is 19.8. The van der Waals surface area contributed by atoms with Gasteiger partial charge in [-0.05, 0) is 48.7 Å². The van der Waals surface area contributed by atoms with Crippen LogP contribution in [0.3, 0.4) is 0 Å². The number of aromatic nitrogens is 1. The molecule has 174 valence electrons. The number of hydrogen-bond donors (Lipinski definition) is 1. The number of nitrogens with one attached hydrogen (secondary N) is 1. The molecule has 0 saturated carbocycles. The molecule has 0 radical (unpaired) electrons. The Balaban J connectivity index is 1.32. The van der Waals surface area contributed by atoms with Gasteiger partial charge in [-0.2, -0.15) is 0 Å². The minimum Gasteiger partial charge on any atom is -0.348 e. The molecule has 7 nitrogen and oxygen atoms in total. The van der Waals surface area contributed by atoms with Gasteiger partial charge in [0.25, 0.3) is 5.91 Å². The average Bonchev–Trinajstić information content (AvgIpc) is 3.55. The number of amides is 3. The van der Waals surface area contributed by atoms with Crippen molar-refractivity contribution in [3.8, 4) is 0 Å². The predicted octanol–water partition coefficient (Wildman–Crippen LogP) is 4.39. The van der Waals surface area contributed by atoms with Crippen molar-refractivity contribution in [3.63, 3.8) is 0 Å². The number of thiazole rings is 1. The highest BCUT2D eigenvalue weighted by Gasteiger charge is 2.19. The van der Waals surface area contributed by atoms with Gasteiger partial charge in [0.15, 0.2) is 5.13 Å². The molecule has 2 aromatic carbocycles. The summed E-state index contributed by atoms with van der Waals surface area (Å²) in [6.45, 7) is 3.49. The molecule has 0 atom stereocenters. The SMILES string of the molecule is CC(=O)N(c1ccccc1)c1nc(/C=C/C(=O)NCc2ccc(C(=O)N3CCCC3)cc2)cs1. The second-order valence-electron chi connectivity index (χ2n) is 7.99. The lowest BCUT2D eigenvalue weighted by molar-refractivity contribution is -0.117. The summed E-state index contributed by atoms with van der Waals surface area (Å²) in [5.41, 5.74) is 2.93. The van der Waals surface area contributed by atoms with Crippen LogP contribution in [-0.4, -0.2) is 40.7 Å². The Morgan fingerprint density at radius 2 is 1.76 bits per heavy atom. The van der Waals surface area contributed by atoms with Crippen LogP contribution in [0.5, 0.6) is 0 Å². The third-order valence-corrected chi connectivity index (χ3v) is 6.34. The molecule has 1 fully saturated rings. The van der Waals surface area contributed by atoms with E-state index in [2.05, 4.69) is 10.3 Å². The number of carbonyl (C=O) groups excluding carboxylic acids is 3. The summed E-state index contributed by atoms with van der Waals surface area (Å²) < 4.78 is 0. The lowest BCUT2D eigenvalue weighted by atomic mass is 10.1. The van der Waals surface area contributed by atoms with Crippen molar-refractivity contribution in [3.05, 3.63) is 82.9 Å². The number of likely N-dealkylation sites (tertiary alicyclic amines) is 1. The molecule has 1 N–H and O–H groups in total. The summed E-state index contributed by atoms with van der Waals surface area (Å²) in [6, 6.07) is 16.6. The Kier molecular flexibility index (Phi) is 7.49. The molecular formula is C26H26N4O3S. The Morgan fingerprint density at radius 1 is 1.06 bits per heavy atom. The van der Waals surface area contributed by atoms with Crippen LogP contribution in [0.4, 0.5) is 10.8 Å². The maximum atomic E-state index is 12.4. The van der Waals surface area contributed by atoms with Crippen molar-refractivity contribution in [2.45, 2.75) is 26.3 Å².